The summed E-state index contributed by atoms with van der Waals surface area (Å²) < 4.78 is 28.9. The van der Waals surface area contributed by atoms with Crippen LogP contribution in [0.4, 0.5) is 0 Å². The highest BCUT2D eigenvalue weighted by atomic mass is 32.2. The minimum Gasteiger partial charge on any atom is -0.481 e. The largest absolute Gasteiger partial charge is 0.481 e. The van der Waals surface area contributed by atoms with Crippen molar-refractivity contribution in [3.63, 3.8) is 0 Å². The Labute approximate surface area is 124 Å². The van der Waals surface area contributed by atoms with Gasteiger partial charge in [0.2, 0.25) is 10.0 Å². The van der Waals surface area contributed by atoms with Crippen LogP contribution in [0.5, 0.6) is 0 Å². The quantitative estimate of drug-likeness (QED) is 0.843. The summed E-state index contributed by atoms with van der Waals surface area (Å²) in [6.07, 6.45) is 2.66. The lowest BCUT2D eigenvalue weighted by molar-refractivity contribution is -0.148. The van der Waals surface area contributed by atoms with Crippen LogP contribution in [0.1, 0.15) is 37.1 Å². The Hall–Kier alpha value is -1.41. The number of carboxylic acid groups (broad SMARTS) is 1. The molecule has 0 amide bonds. The minimum atomic E-state index is -3.76. The third kappa shape index (κ3) is 2.82. The van der Waals surface area contributed by atoms with Crippen LogP contribution in [0.3, 0.4) is 0 Å². The molecule has 0 aliphatic heterocycles. The maximum Gasteiger partial charge on any atom is 0.310 e. The van der Waals surface area contributed by atoms with Gasteiger partial charge in [0.25, 0.3) is 0 Å². The number of carboxylic acids is 1. The van der Waals surface area contributed by atoms with Gasteiger partial charge in [0.05, 0.1) is 16.8 Å². The van der Waals surface area contributed by atoms with Crippen molar-refractivity contribution in [2.45, 2.75) is 44.4 Å². The molecule has 0 aromatic carbocycles. The predicted octanol–water partition coefficient (Wildman–Crippen LogP) is 0.960. The second-order valence-electron chi connectivity index (χ2n) is 5.74. The lowest BCUT2D eigenvalue weighted by Crippen LogP contribution is -2.41. The number of hydrogen-bond donors (Lipinski definition) is 2. The highest BCUT2D eigenvalue weighted by molar-refractivity contribution is 7.89. The van der Waals surface area contributed by atoms with E-state index in [9.17, 15) is 18.3 Å². The number of nitrogens with zero attached hydrogens (tertiary/aromatic N) is 2. The molecule has 2 rings (SSSR count). The van der Waals surface area contributed by atoms with E-state index in [0.29, 0.717) is 24.2 Å². The highest BCUT2D eigenvalue weighted by Gasteiger charge is 2.42. The van der Waals surface area contributed by atoms with Gasteiger partial charge in [-0.25, -0.2) is 13.1 Å². The number of hydrogen-bond acceptors (Lipinski definition) is 4. The van der Waals surface area contributed by atoms with Gasteiger partial charge < -0.3 is 5.11 Å². The number of rotatable bonds is 5. The Kier molecular flexibility index (Phi) is 4.12. The Morgan fingerprint density at radius 3 is 2.38 bits per heavy atom. The van der Waals surface area contributed by atoms with Crippen LogP contribution in [-0.4, -0.2) is 35.8 Å². The standard InChI is InChI=1S/C13H21N3O4S/c1-9-11(10(2)16(3)15-9)21(19,20)14-8-13(12(17)18)6-4-5-7-13/h14H,4-8H2,1-3H3,(H,17,18). The molecule has 1 heterocycles. The van der Waals surface area contributed by atoms with Crippen LogP contribution < -0.4 is 4.72 Å². The van der Waals surface area contributed by atoms with E-state index >= 15 is 0 Å². The van der Waals surface area contributed by atoms with Crippen molar-refractivity contribution in [2.24, 2.45) is 12.5 Å². The zero-order chi connectivity index (χ0) is 15.8. The van der Waals surface area contributed by atoms with Gasteiger partial charge in [-0.15, -0.1) is 0 Å². The van der Waals surface area contributed by atoms with Crippen LogP contribution in [-0.2, 0) is 21.9 Å². The normalized spacial score (nSPS) is 18.0. The summed E-state index contributed by atoms with van der Waals surface area (Å²) in [6.45, 7) is 3.24. The molecule has 118 valence electrons. The molecule has 0 radical (unpaired) electrons. The van der Waals surface area contributed by atoms with Crippen LogP contribution >= 0.6 is 0 Å². The first kappa shape index (κ1) is 16.0. The Morgan fingerprint density at radius 1 is 1.38 bits per heavy atom. The summed E-state index contributed by atoms with van der Waals surface area (Å²) in [5.41, 5.74) is -0.0222. The first-order valence-corrected chi connectivity index (χ1v) is 8.41. The second-order valence-corrected chi connectivity index (χ2v) is 7.44. The molecule has 21 heavy (non-hydrogen) atoms. The average Bonchev–Trinajstić information content (AvgIpc) is 2.94. The van der Waals surface area contributed by atoms with E-state index in [-0.39, 0.29) is 11.4 Å². The predicted molar refractivity (Wildman–Crippen MR) is 76.4 cm³/mol. The molecule has 0 atom stereocenters. The van der Waals surface area contributed by atoms with Crippen LogP contribution in [0.15, 0.2) is 4.90 Å². The SMILES string of the molecule is Cc1nn(C)c(C)c1S(=O)(=O)NCC1(C(=O)O)CCCC1. The fourth-order valence-electron chi connectivity index (χ4n) is 2.97. The molecule has 0 saturated heterocycles. The van der Waals surface area contributed by atoms with Gasteiger partial charge in [-0.1, -0.05) is 12.8 Å². The van der Waals surface area contributed by atoms with E-state index < -0.39 is 21.4 Å². The third-order valence-electron chi connectivity index (χ3n) is 4.33. The van der Waals surface area contributed by atoms with Gasteiger partial charge in [0, 0.05) is 13.6 Å². The summed E-state index contributed by atoms with van der Waals surface area (Å²) in [5, 5.41) is 13.5. The van der Waals surface area contributed by atoms with Gasteiger partial charge in [0.15, 0.2) is 0 Å². The lowest BCUT2D eigenvalue weighted by Gasteiger charge is -2.23. The summed E-state index contributed by atoms with van der Waals surface area (Å²) >= 11 is 0. The van der Waals surface area contributed by atoms with E-state index in [4.69, 9.17) is 0 Å². The van der Waals surface area contributed by atoms with Gasteiger partial charge in [-0.05, 0) is 26.7 Å². The van der Waals surface area contributed by atoms with Crippen LogP contribution in [0, 0.1) is 19.3 Å². The highest BCUT2D eigenvalue weighted by Crippen LogP contribution is 2.38. The van der Waals surface area contributed by atoms with E-state index in [1.165, 1.54) is 4.68 Å². The van der Waals surface area contributed by atoms with E-state index in [2.05, 4.69) is 9.82 Å². The van der Waals surface area contributed by atoms with Gasteiger partial charge in [0.1, 0.15) is 4.90 Å². The van der Waals surface area contributed by atoms with E-state index in [0.717, 1.165) is 12.8 Å². The summed E-state index contributed by atoms with van der Waals surface area (Å²) in [7, 11) is -2.08. The van der Waals surface area contributed by atoms with Crippen LogP contribution in [0.25, 0.3) is 0 Å². The van der Waals surface area contributed by atoms with Crippen molar-refractivity contribution in [1.82, 2.24) is 14.5 Å². The zero-order valence-electron chi connectivity index (χ0n) is 12.5. The van der Waals surface area contributed by atoms with Crippen molar-refractivity contribution in [3.05, 3.63) is 11.4 Å². The maximum absolute atomic E-state index is 12.5. The minimum absolute atomic E-state index is 0.0710. The average molecular weight is 315 g/mol. The molecule has 2 N–H and O–H groups in total. The van der Waals surface area contributed by atoms with Crippen molar-refractivity contribution >= 4 is 16.0 Å². The van der Waals surface area contributed by atoms with Crippen molar-refractivity contribution in [3.8, 4) is 0 Å². The second kappa shape index (κ2) is 5.42. The first-order chi connectivity index (χ1) is 9.69. The monoisotopic (exact) mass is 315 g/mol. The van der Waals surface area contributed by atoms with Crippen molar-refractivity contribution in [1.29, 1.82) is 0 Å². The number of aromatic nitrogens is 2. The molecule has 1 aromatic heterocycles. The molecule has 0 bridgehead atoms. The molecule has 8 heteroatoms. The number of aryl methyl sites for hydroxylation is 2. The van der Waals surface area contributed by atoms with Crippen LogP contribution in [0.2, 0.25) is 0 Å². The molecule has 1 aliphatic carbocycles. The maximum atomic E-state index is 12.5. The molecule has 0 unspecified atom stereocenters. The van der Waals surface area contributed by atoms with Crippen molar-refractivity contribution in [2.75, 3.05) is 6.54 Å². The molecule has 1 aliphatic rings. The number of carbonyl (C=O) groups is 1. The molecule has 1 fully saturated rings. The Morgan fingerprint density at radius 2 is 1.95 bits per heavy atom. The Bertz CT molecular complexity index is 657. The van der Waals surface area contributed by atoms with E-state index in [1.807, 2.05) is 0 Å². The molecular weight excluding hydrogens is 294 g/mol. The third-order valence-corrected chi connectivity index (χ3v) is 5.98. The molecular formula is C13H21N3O4S. The topological polar surface area (TPSA) is 101 Å². The summed E-state index contributed by atoms with van der Waals surface area (Å²) in [5.74, 6) is -0.928. The first-order valence-electron chi connectivity index (χ1n) is 6.93. The van der Waals surface area contributed by atoms with Gasteiger partial charge in [-0.2, -0.15) is 5.10 Å². The Balaban J connectivity index is 2.24. The molecule has 1 saturated carbocycles. The molecule has 7 nitrogen and oxygen atoms in total. The number of nitrogens with one attached hydrogen (secondary N) is 1. The number of sulfonamides is 1. The lowest BCUT2D eigenvalue weighted by atomic mass is 9.87. The number of aliphatic carboxylic acids is 1. The van der Waals surface area contributed by atoms with Gasteiger partial charge in [-0.3, -0.25) is 9.48 Å². The fourth-order valence-corrected chi connectivity index (χ4v) is 4.53. The molecule has 1 aromatic rings. The van der Waals surface area contributed by atoms with Crippen molar-refractivity contribution < 1.29 is 18.3 Å². The van der Waals surface area contributed by atoms with Gasteiger partial charge >= 0.3 is 5.97 Å². The summed E-state index contributed by atoms with van der Waals surface area (Å²) in [4.78, 5) is 11.6. The smallest absolute Gasteiger partial charge is 0.310 e. The summed E-state index contributed by atoms with van der Waals surface area (Å²) in [6, 6.07) is 0. The fraction of sp³-hybridized carbons (Fsp3) is 0.692. The molecule has 0 spiro atoms. The van der Waals surface area contributed by atoms with E-state index in [1.54, 1.807) is 20.9 Å². The zero-order valence-corrected chi connectivity index (χ0v) is 13.3.